The number of aliphatic imine (C=N–C) groups is 1. The van der Waals surface area contributed by atoms with Crippen molar-refractivity contribution in [1.82, 2.24) is 9.61 Å². The molecule has 9 heteroatoms. The molecule has 0 bridgehead atoms. The van der Waals surface area contributed by atoms with Crippen LogP contribution in [-0.4, -0.2) is 26.6 Å². The Morgan fingerprint density at radius 3 is 2.73 bits per heavy atom. The van der Waals surface area contributed by atoms with Crippen LogP contribution in [0.15, 0.2) is 53.8 Å². The first-order valence-corrected chi connectivity index (χ1v) is 12.8. The first-order valence-electron chi connectivity index (χ1n) is 12.4. The van der Waals surface area contributed by atoms with E-state index in [1.807, 2.05) is 19.2 Å². The molecule has 1 fully saturated rings. The van der Waals surface area contributed by atoms with E-state index < -0.39 is 11.6 Å². The molecular weight excluding hydrogens is 496 g/mol. The van der Waals surface area contributed by atoms with Crippen LogP contribution in [-0.2, 0) is 6.42 Å². The van der Waals surface area contributed by atoms with Crippen molar-refractivity contribution in [3.05, 3.63) is 76.6 Å². The topological polar surface area (TPSA) is 87.9 Å². The van der Waals surface area contributed by atoms with Gasteiger partial charge in [-0.15, -0.1) is 0 Å². The van der Waals surface area contributed by atoms with Crippen LogP contribution in [0.25, 0.3) is 16.6 Å². The number of aromatic hydroxyl groups is 1. The van der Waals surface area contributed by atoms with E-state index >= 15 is 0 Å². The number of amidine groups is 1. The number of phenolic OH excluding ortho intramolecular Hbond substituents is 1. The summed E-state index contributed by atoms with van der Waals surface area (Å²) >= 11 is 6.23. The maximum absolute atomic E-state index is 14.3. The molecule has 0 saturated heterocycles. The van der Waals surface area contributed by atoms with E-state index in [1.165, 1.54) is 36.8 Å². The molecule has 6 nitrogen and oxygen atoms in total. The number of nitrogens with one attached hydrogen (secondary N) is 1. The molecule has 1 aliphatic rings. The fourth-order valence-corrected chi connectivity index (χ4v) is 5.09. The minimum absolute atomic E-state index is 0.147. The summed E-state index contributed by atoms with van der Waals surface area (Å²) in [7, 11) is 0. The van der Waals surface area contributed by atoms with E-state index in [4.69, 9.17) is 17.3 Å². The van der Waals surface area contributed by atoms with Crippen LogP contribution < -0.4 is 11.1 Å². The highest BCUT2D eigenvalue weighted by molar-refractivity contribution is 6.33. The van der Waals surface area contributed by atoms with Crippen molar-refractivity contribution >= 4 is 34.3 Å². The number of anilines is 1. The van der Waals surface area contributed by atoms with Crippen LogP contribution >= 0.6 is 11.6 Å². The molecule has 5 rings (SSSR count). The van der Waals surface area contributed by atoms with Gasteiger partial charge in [-0.25, -0.2) is 18.3 Å². The Labute approximate surface area is 218 Å². The van der Waals surface area contributed by atoms with Gasteiger partial charge in [0.1, 0.15) is 11.7 Å². The second kappa shape index (κ2) is 10.4. The Bertz CT molecular complexity index is 1490. The summed E-state index contributed by atoms with van der Waals surface area (Å²) in [4.78, 5) is 4.42. The zero-order valence-electron chi connectivity index (χ0n) is 20.4. The van der Waals surface area contributed by atoms with Crippen LogP contribution in [0.4, 0.5) is 20.2 Å². The van der Waals surface area contributed by atoms with Gasteiger partial charge in [0.05, 0.1) is 33.7 Å². The van der Waals surface area contributed by atoms with Gasteiger partial charge < -0.3 is 16.2 Å². The number of rotatable bonds is 6. The van der Waals surface area contributed by atoms with Crippen LogP contribution in [0, 0.1) is 11.6 Å². The van der Waals surface area contributed by atoms with E-state index in [-0.39, 0.29) is 28.3 Å². The van der Waals surface area contributed by atoms with Gasteiger partial charge in [0.25, 0.3) is 0 Å². The minimum Gasteiger partial charge on any atom is -0.505 e. The largest absolute Gasteiger partial charge is 0.505 e. The molecule has 1 aliphatic carbocycles. The van der Waals surface area contributed by atoms with E-state index in [2.05, 4.69) is 15.4 Å². The first-order chi connectivity index (χ1) is 17.8. The summed E-state index contributed by atoms with van der Waals surface area (Å²) in [5, 5.41) is 18.3. The fraction of sp³-hybridized carbons (Fsp3) is 0.286. The quantitative estimate of drug-likeness (QED) is 0.188. The van der Waals surface area contributed by atoms with Crippen molar-refractivity contribution in [3.63, 3.8) is 0 Å². The number of benzene rings is 2. The lowest BCUT2D eigenvalue weighted by Crippen LogP contribution is -2.25. The number of aromatic nitrogens is 2. The standard InChI is InChI=1S/C28H28ClF2N5O/c1-2-16-11-26(37)23(31)13-20(16)17-10-25-27(34-19-6-4-3-5-7-19)21(14-33-36(25)15-17)28(32)35-24-12-18(30)8-9-22(24)29/h8-15,19,34,37H,2-7H2,1H3,(H2,32,35). The third-order valence-corrected chi connectivity index (χ3v) is 7.20. The van der Waals surface area contributed by atoms with Gasteiger partial charge in [-0.1, -0.05) is 37.8 Å². The third-order valence-electron chi connectivity index (χ3n) is 6.88. The summed E-state index contributed by atoms with van der Waals surface area (Å²) in [6, 6.07) is 8.92. The molecule has 37 heavy (non-hydrogen) atoms. The molecule has 1 saturated carbocycles. The van der Waals surface area contributed by atoms with E-state index in [9.17, 15) is 13.9 Å². The van der Waals surface area contributed by atoms with Crippen molar-refractivity contribution < 1.29 is 13.9 Å². The molecule has 0 unspecified atom stereocenters. The number of phenols is 1. The molecule has 2 aromatic heterocycles. The van der Waals surface area contributed by atoms with Gasteiger partial charge in [0.2, 0.25) is 0 Å². The van der Waals surface area contributed by atoms with Gasteiger partial charge in [-0.2, -0.15) is 5.10 Å². The average molecular weight is 524 g/mol. The molecule has 2 aromatic carbocycles. The Hall–Kier alpha value is -3.65. The predicted molar refractivity (Wildman–Crippen MR) is 144 cm³/mol. The number of aryl methyl sites for hydroxylation is 1. The summed E-state index contributed by atoms with van der Waals surface area (Å²) in [6.45, 7) is 1.95. The molecule has 0 aliphatic heterocycles. The number of hydrogen-bond donors (Lipinski definition) is 3. The van der Waals surface area contributed by atoms with Gasteiger partial charge >= 0.3 is 0 Å². The van der Waals surface area contributed by atoms with Crippen molar-refractivity contribution in [1.29, 1.82) is 0 Å². The van der Waals surface area contributed by atoms with E-state index in [0.29, 0.717) is 17.5 Å². The Morgan fingerprint density at radius 2 is 1.97 bits per heavy atom. The summed E-state index contributed by atoms with van der Waals surface area (Å²) < 4.78 is 29.9. The highest BCUT2D eigenvalue weighted by Gasteiger charge is 2.21. The normalized spacial score (nSPS) is 14.9. The number of hydrogen-bond acceptors (Lipinski definition) is 4. The predicted octanol–water partition coefficient (Wildman–Crippen LogP) is 6.98. The second-order valence-corrected chi connectivity index (χ2v) is 9.79. The molecule has 0 radical (unpaired) electrons. The smallest absolute Gasteiger partial charge is 0.165 e. The number of halogens is 3. The Kier molecular flexibility index (Phi) is 7.02. The Morgan fingerprint density at radius 1 is 1.19 bits per heavy atom. The molecule has 2 heterocycles. The van der Waals surface area contributed by atoms with Crippen molar-refractivity contribution in [2.45, 2.75) is 51.5 Å². The highest BCUT2D eigenvalue weighted by atomic mass is 35.5. The van der Waals surface area contributed by atoms with E-state index in [1.54, 1.807) is 10.7 Å². The van der Waals surface area contributed by atoms with Crippen molar-refractivity contribution in [2.75, 3.05) is 5.32 Å². The average Bonchev–Trinajstić information content (AvgIpc) is 3.33. The third kappa shape index (κ3) is 5.11. The zero-order chi connectivity index (χ0) is 26.1. The monoisotopic (exact) mass is 523 g/mol. The lowest BCUT2D eigenvalue weighted by Gasteiger charge is -2.25. The van der Waals surface area contributed by atoms with Crippen LogP contribution in [0.5, 0.6) is 5.75 Å². The van der Waals surface area contributed by atoms with Crippen molar-refractivity contribution in [2.24, 2.45) is 10.7 Å². The van der Waals surface area contributed by atoms with Crippen LogP contribution in [0.1, 0.15) is 50.2 Å². The SMILES string of the molecule is CCc1cc(O)c(F)cc1-c1cc2c(NC3CCCCC3)c(C(N)=Nc3cc(F)ccc3Cl)cnn2c1. The first kappa shape index (κ1) is 25.0. The molecule has 192 valence electrons. The second-order valence-electron chi connectivity index (χ2n) is 9.38. The lowest BCUT2D eigenvalue weighted by atomic mass is 9.95. The van der Waals surface area contributed by atoms with E-state index in [0.717, 1.165) is 48.0 Å². The fourth-order valence-electron chi connectivity index (χ4n) is 4.93. The number of fused-ring (bicyclic) bond motifs is 1. The number of nitrogens with zero attached hydrogens (tertiary/aromatic N) is 3. The van der Waals surface area contributed by atoms with Crippen LogP contribution in [0.3, 0.4) is 0 Å². The summed E-state index contributed by atoms with van der Waals surface area (Å²) in [6.07, 6.45) is 9.59. The van der Waals surface area contributed by atoms with Crippen LogP contribution in [0.2, 0.25) is 5.02 Å². The molecule has 0 atom stereocenters. The maximum Gasteiger partial charge on any atom is 0.165 e. The molecule has 4 N–H and O–H groups in total. The number of nitrogens with two attached hydrogens (primary N) is 1. The molecule has 0 amide bonds. The molecule has 0 spiro atoms. The lowest BCUT2D eigenvalue weighted by molar-refractivity contribution is 0.432. The zero-order valence-corrected chi connectivity index (χ0v) is 21.2. The Balaban J connectivity index is 1.66. The summed E-state index contributed by atoms with van der Waals surface area (Å²) in [5.74, 6) is -1.37. The van der Waals surface area contributed by atoms with Gasteiger partial charge in [-0.3, -0.25) is 0 Å². The molecule has 4 aromatic rings. The summed E-state index contributed by atoms with van der Waals surface area (Å²) in [5.41, 5.74) is 11.0. The van der Waals surface area contributed by atoms with Gasteiger partial charge in [0, 0.05) is 23.9 Å². The van der Waals surface area contributed by atoms with Crippen molar-refractivity contribution in [3.8, 4) is 16.9 Å². The van der Waals surface area contributed by atoms with Gasteiger partial charge in [-0.05, 0) is 60.7 Å². The maximum atomic E-state index is 14.3. The minimum atomic E-state index is -0.681. The highest BCUT2D eigenvalue weighted by Crippen LogP contribution is 2.35. The molecular formula is C28H28ClF2N5O. The van der Waals surface area contributed by atoms with Gasteiger partial charge in [0.15, 0.2) is 11.6 Å².